The van der Waals surface area contributed by atoms with Crippen LogP contribution in [0.2, 0.25) is 0 Å². The van der Waals surface area contributed by atoms with Gasteiger partial charge in [-0.2, -0.15) is 0 Å². The molecular weight excluding hydrogens is 514 g/mol. The third-order valence-electron chi connectivity index (χ3n) is 6.23. The van der Waals surface area contributed by atoms with Crippen LogP contribution in [0, 0.1) is 0 Å². The summed E-state index contributed by atoms with van der Waals surface area (Å²) in [6.45, 7) is 1.58. The van der Waals surface area contributed by atoms with Gasteiger partial charge in [0, 0.05) is 45.4 Å². The van der Waals surface area contributed by atoms with Gasteiger partial charge in [-0.05, 0) is 44.9 Å². The molecule has 1 atom stereocenters. The number of hydrogen-bond acceptors (Lipinski definition) is 5. The zero-order chi connectivity index (χ0) is 28.1. The first-order valence-corrected chi connectivity index (χ1v) is 17.2. The van der Waals surface area contributed by atoms with Crippen LogP contribution >= 0.6 is 21.6 Å². The lowest BCUT2D eigenvalue weighted by atomic mass is 10.1. The van der Waals surface area contributed by atoms with Gasteiger partial charge in [0.25, 0.3) is 0 Å². The molecule has 0 aliphatic rings. The minimum Gasteiger partial charge on any atom is -0.359 e. The van der Waals surface area contributed by atoms with E-state index in [9.17, 15) is 14.4 Å². The summed E-state index contributed by atoms with van der Waals surface area (Å²) in [4.78, 5) is 33.9. The lowest BCUT2D eigenvalue weighted by Gasteiger charge is -2.13. The molecule has 0 aromatic heterocycles. The molecule has 3 amide bonds. The Labute approximate surface area is 241 Å². The smallest absolute Gasteiger partial charge is 0.219 e. The standard InChI is InChI=1S/C30H55N3O3S2/c1-27(34)33-28(22-18-14-10-7-8-12-16-20-24-30(36)32-3)26-38-37-25-21-17-13-9-5-4-6-11-15-19-23-29(35)31-2/h13,17-18,22,28H,4-12,14-16,19-21,23-26H2,1-3H3,(H,31,35)(H,32,36)(H,33,34)/b17-13+,22-18+. The van der Waals surface area contributed by atoms with Crippen LogP contribution in [0.5, 0.6) is 0 Å². The lowest BCUT2D eigenvalue weighted by Crippen LogP contribution is -2.33. The van der Waals surface area contributed by atoms with Gasteiger partial charge < -0.3 is 16.0 Å². The van der Waals surface area contributed by atoms with Crippen molar-refractivity contribution in [3.05, 3.63) is 24.3 Å². The molecule has 3 N–H and O–H groups in total. The average Bonchev–Trinajstić information content (AvgIpc) is 2.90. The second-order valence-electron chi connectivity index (χ2n) is 9.77. The molecule has 0 aromatic rings. The number of allylic oxidation sites excluding steroid dienone is 3. The van der Waals surface area contributed by atoms with Crippen LogP contribution in [0.3, 0.4) is 0 Å². The zero-order valence-electron chi connectivity index (χ0n) is 24.4. The quantitative estimate of drug-likeness (QED) is 0.0587. The largest absolute Gasteiger partial charge is 0.359 e. The van der Waals surface area contributed by atoms with E-state index in [2.05, 4.69) is 40.3 Å². The van der Waals surface area contributed by atoms with E-state index in [1.165, 1.54) is 51.4 Å². The number of carbonyl (C=O) groups is 3. The summed E-state index contributed by atoms with van der Waals surface area (Å²) in [6.07, 6.45) is 27.6. The SMILES string of the molecule is CNC(=O)CCCCCCCC/C=C/CCSSCC(/C=C/CCCCCCCCC(=O)NC)NC(C)=O. The summed E-state index contributed by atoms with van der Waals surface area (Å²) in [5.74, 6) is 2.29. The molecule has 0 aromatic carbocycles. The lowest BCUT2D eigenvalue weighted by molar-refractivity contribution is -0.121. The van der Waals surface area contributed by atoms with Crippen molar-refractivity contribution < 1.29 is 14.4 Å². The van der Waals surface area contributed by atoms with Crippen molar-refractivity contribution in [3.8, 4) is 0 Å². The number of amides is 3. The zero-order valence-corrected chi connectivity index (χ0v) is 26.0. The molecule has 8 heteroatoms. The first-order chi connectivity index (χ1) is 18.5. The summed E-state index contributed by atoms with van der Waals surface area (Å²) in [5.41, 5.74) is 0. The predicted molar refractivity (Wildman–Crippen MR) is 167 cm³/mol. The second-order valence-corrected chi connectivity index (χ2v) is 12.4. The highest BCUT2D eigenvalue weighted by atomic mass is 33.1. The molecule has 0 radical (unpaired) electrons. The molecule has 0 aliphatic heterocycles. The van der Waals surface area contributed by atoms with E-state index in [1.54, 1.807) is 21.0 Å². The Kier molecular flexibility index (Phi) is 27.5. The fraction of sp³-hybridized carbons (Fsp3) is 0.767. The van der Waals surface area contributed by atoms with Gasteiger partial charge in [-0.1, -0.05) is 97.3 Å². The van der Waals surface area contributed by atoms with Crippen LogP contribution in [0.15, 0.2) is 24.3 Å². The third-order valence-corrected chi connectivity index (χ3v) is 8.70. The number of nitrogens with one attached hydrogen (secondary N) is 3. The van der Waals surface area contributed by atoms with Crippen LogP contribution < -0.4 is 16.0 Å². The Balaban J connectivity index is 3.69. The Morgan fingerprint density at radius 2 is 1.11 bits per heavy atom. The molecule has 0 saturated carbocycles. The van der Waals surface area contributed by atoms with Gasteiger partial charge in [0.2, 0.25) is 17.7 Å². The van der Waals surface area contributed by atoms with E-state index in [-0.39, 0.29) is 23.8 Å². The van der Waals surface area contributed by atoms with E-state index in [1.807, 2.05) is 21.6 Å². The van der Waals surface area contributed by atoms with Gasteiger partial charge in [0.05, 0.1) is 6.04 Å². The molecule has 1 unspecified atom stereocenters. The van der Waals surface area contributed by atoms with Gasteiger partial charge in [-0.3, -0.25) is 14.4 Å². The summed E-state index contributed by atoms with van der Waals surface area (Å²) in [6, 6.07) is 0.0917. The maximum absolute atomic E-state index is 11.5. The first-order valence-electron chi connectivity index (χ1n) is 14.7. The maximum atomic E-state index is 11.5. The minimum atomic E-state index is 0.0221. The van der Waals surface area contributed by atoms with Crippen LogP contribution in [-0.4, -0.2) is 49.4 Å². The van der Waals surface area contributed by atoms with Gasteiger partial charge in [-0.15, -0.1) is 0 Å². The Hall–Kier alpha value is -1.41. The molecule has 0 rings (SSSR count). The van der Waals surface area contributed by atoms with E-state index in [0.29, 0.717) is 12.8 Å². The summed E-state index contributed by atoms with van der Waals surface area (Å²) < 4.78 is 0. The average molecular weight is 570 g/mol. The van der Waals surface area contributed by atoms with Crippen molar-refractivity contribution in [2.45, 2.75) is 122 Å². The van der Waals surface area contributed by atoms with E-state index < -0.39 is 0 Å². The number of unbranched alkanes of at least 4 members (excludes halogenated alkanes) is 12. The number of carbonyl (C=O) groups excluding carboxylic acids is 3. The highest BCUT2D eigenvalue weighted by Crippen LogP contribution is 2.23. The maximum Gasteiger partial charge on any atom is 0.219 e. The predicted octanol–water partition coefficient (Wildman–Crippen LogP) is 7.11. The Morgan fingerprint density at radius 3 is 1.63 bits per heavy atom. The Bertz CT molecular complexity index is 657. The summed E-state index contributed by atoms with van der Waals surface area (Å²) >= 11 is 0. The fourth-order valence-electron chi connectivity index (χ4n) is 3.96. The highest BCUT2D eigenvalue weighted by Gasteiger charge is 2.06. The van der Waals surface area contributed by atoms with E-state index >= 15 is 0 Å². The molecule has 0 bridgehead atoms. The third kappa shape index (κ3) is 27.6. The molecule has 0 heterocycles. The van der Waals surface area contributed by atoms with Crippen molar-refractivity contribution in [1.82, 2.24) is 16.0 Å². The van der Waals surface area contributed by atoms with Crippen LogP contribution in [-0.2, 0) is 14.4 Å². The second kappa shape index (κ2) is 28.6. The summed E-state index contributed by atoms with van der Waals surface area (Å²) in [7, 11) is 7.10. The fourth-order valence-corrected chi connectivity index (χ4v) is 6.12. The van der Waals surface area contributed by atoms with Gasteiger partial charge in [0.15, 0.2) is 0 Å². The minimum absolute atomic E-state index is 0.0221. The van der Waals surface area contributed by atoms with Gasteiger partial charge in [0.1, 0.15) is 0 Å². The van der Waals surface area contributed by atoms with Crippen LogP contribution in [0.1, 0.15) is 116 Å². The van der Waals surface area contributed by atoms with E-state index in [0.717, 1.165) is 56.5 Å². The van der Waals surface area contributed by atoms with Crippen molar-refractivity contribution >= 4 is 39.3 Å². The molecular formula is C30H55N3O3S2. The van der Waals surface area contributed by atoms with E-state index in [4.69, 9.17) is 0 Å². The van der Waals surface area contributed by atoms with Crippen molar-refractivity contribution in [1.29, 1.82) is 0 Å². The topological polar surface area (TPSA) is 87.3 Å². The van der Waals surface area contributed by atoms with Crippen molar-refractivity contribution in [2.75, 3.05) is 25.6 Å². The van der Waals surface area contributed by atoms with Crippen molar-refractivity contribution in [3.63, 3.8) is 0 Å². The van der Waals surface area contributed by atoms with Crippen LogP contribution in [0.25, 0.3) is 0 Å². The Morgan fingerprint density at radius 1 is 0.632 bits per heavy atom. The molecule has 220 valence electrons. The molecule has 0 aliphatic carbocycles. The molecule has 0 saturated heterocycles. The number of hydrogen-bond donors (Lipinski definition) is 3. The molecule has 0 fully saturated rings. The normalized spacial score (nSPS) is 12.2. The molecule has 6 nitrogen and oxygen atoms in total. The van der Waals surface area contributed by atoms with Gasteiger partial charge >= 0.3 is 0 Å². The summed E-state index contributed by atoms with van der Waals surface area (Å²) in [5, 5.41) is 8.38. The van der Waals surface area contributed by atoms with Crippen molar-refractivity contribution in [2.24, 2.45) is 0 Å². The molecule has 38 heavy (non-hydrogen) atoms. The first kappa shape index (κ1) is 36.6. The van der Waals surface area contributed by atoms with Crippen LogP contribution in [0.4, 0.5) is 0 Å². The van der Waals surface area contributed by atoms with Gasteiger partial charge in [-0.25, -0.2) is 0 Å². The number of rotatable bonds is 26. The molecule has 0 spiro atoms. The monoisotopic (exact) mass is 569 g/mol. The highest BCUT2D eigenvalue weighted by molar-refractivity contribution is 8.76.